The average Bonchev–Trinajstić information content (AvgIpc) is 2.73. The highest BCUT2D eigenvalue weighted by Gasteiger charge is 2.61. The molecule has 1 heterocycles. The minimum atomic E-state index is -4.50. The molecule has 0 aromatic heterocycles. The van der Waals surface area contributed by atoms with Gasteiger partial charge >= 0.3 is 6.18 Å². The number of hydrogen-bond acceptors (Lipinski definition) is 2. The Kier molecular flexibility index (Phi) is 4.56. The standard InChI is InChI=1S/C11H17F3N2O/c1-2-3-4-6-16-9(17)10(11(12,13)14)5-7-15-8-10/h2,15H,1,3-8H2,(H,16,17). The Morgan fingerprint density at radius 2 is 2.24 bits per heavy atom. The number of nitrogens with one attached hydrogen (secondary N) is 2. The molecule has 6 heteroatoms. The van der Waals surface area contributed by atoms with Crippen molar-refractivity contribution in [1.29, 1.82) is 0 Å². The summed E-state index contributed by atoms with van der Waals surface area (Å²) in [5.41, 5.74) is -2.25. The number of hydrogen-bond donors (Lipinski definition) is 2. The lowest BCUT2D eigenvalue weighted by atomic mass is 9.85. The first-order chi connectivity index (χ1) is 7.94. The summed E-state index contributed by atoms with van der Waals surface area (Å²) in [5.74, 6) is -0.918. The van der Waals surface area contributed by atoms with Crippen molar-refractivity contribution in [3.8, 4) is 0 Å². The molecule has 0 saturated carbocycles. The van der Waals surface area contributed by atoms with Crippen LogP contribution in [0.1, 0.15) is 19.3 Å². The predicted octanol–water partition coefficient (Wildman–Crippen LogP) is 1.61. The van der Waals surface area contributed by atoms with Gasteiger partial charge < -0.3 is 10.6 Å². The molecule has 3 nitrogen and oxygen atoms in total. The summed E-state index contributed by atoms with van der Waals surface area (Å²) in [6.45, 7) is 3.65. The van der Waals surface area contributed by atoms with Crippen LogP contribution in [0.2, 0.25) is 0 Å². The van der Waals surface area contributed by atoms with Crippen molar-refractivity contribution in [3.63, 3.8) is 0 Å². The molecular formula is C11H17F3N2O. The second-order valence-electron chi connectivity index (χ2n) is 4.19. The fourth-order valence-corrected chi connectivity index (χ4v) is 1.87. The smallest absolute Gasteiger partial charge is 0.355 e. The Morgan fingerprint density at radius 1 is 1.53 bits per heavy atom. The Labute approximate surface area is 98.5 Å². The fraction of sp³-hybridized carbons (Fsp3) is 0.727. The zero-order valence-electron chi connectivity index (χ0n) is 9.57. The Bertz CT molecular complexity index is 283. The number of unbranched alkanes of at least 4 members (excludes halogenated alkanes) is 1. The molecule has 1 aliphatic rings. The molecule has 1 atom stereocenters. The molecule has 98 valence electrons. The van der Waals surface area contributed by atoms with Crippen molar-refractivity contribution in [3.05, 3.63) is 12.7 Å². The van der Waals surface area contributed by atoms with E-state index in [4.69, 9.17) is 0 Å². The second-order valence-corrected chi connectivity index (χ2v) is 4.19. The van der Waals surface area contributed by atoms with Gasteiger partial charge in [0, 0.05) is 13.1 Å². The lowest BCUT2D eigenvalue weighted by molar-refractivity contribution is -0.216. The highest BCUT2D eigenvalue weighted by molar-refractivity contribution is 5.84. The van der Waals surface area contributed by atoms with Crippen LogP contribution in [0.15, 0.2) is 12.7 Å². The molecule has 0 radical (unpaired) electrons. The van der Waals surface area contributed by atoms with E-state index in [2.05, 4.69) is 17.2 Å². The van der Waals surface area contributed by atoms with Crippen LogP contribution < -0.4 is 10.6 Å². The number of alkyl halides is 3. The molecule has 1 saturated heterocycles. The third kappa shape index (κ3) is 3.00. The molecule has 0 aliphatic carbocycles. The van der Waals surface area contributed by atoms with E-state index in [-0.39, 0.29) is 26.1 Å². The lowest BCUT2D eigenvalue weighted by Gasteiger charge is -2.29. The maximum absolute atomic E-state index is 12.9. The van der Waals surface area contributed by atoms with E-state index in [9.17, 15) is 18.0 Å². The Hall–Kier alpha value is -1.04. The SMILES string of the molecule is C=CCCCNC(=O)C1(C(F)(F)F)CCNC1. The Balaban J connectivity index is 2.59. The molecule has 0 aromatic carbocycles. The van der Waals surface area contributed by atoms with E-state index in [1.54, 1.807) is 6.08 Å². The number of allylic oxidation sites excluding steroid dienone is 1. The van der Waals surface area contributed by atoms with Crippen molar-refractivity contribution in [2.45, 2.75) is 25.4 Å². The van der Waals surface area contributed by atoms with Gasteiger partial charge in [-0.05, 0) is 25.8 Å². The lowest BCUT2D eigenvalue weighted by Crippen LogP contribution is -2.52. The van der Waals surface area contributed by atoms with E-state index >= 15 is 0 Å². The third-order valence-corrected chi connectivity index (χ3v) is 3.00. The van der Waals surface area contributed by atoms with E-state index in [1.165, 1.54) is 0 Å². The van der Waals surface area contributed by atoms with Crippen molar-refractivity contribution < 1.29 is 18.0 Å². The summed E-state index contributed by atoms with van der Waals surface area (Å²) in [5, 5.41) is 4.97. The number of rotatable bonds is 5. The molecular weight excluding hydrogens is 233 g/mol. The summed E-state index contributed by atoms with van der Waals surface area (Å²) >= 11 is 0. The van der Waals surface area contributed by atoms with E-state index in [0.29, 0.717) is 12.8 Å². The summed E-state index contributed by atoms with van der Waals surface area (Å²) in [6, 6.07) is 0. The van der Waals surface area contributed by atoms with Crippen LogP contribution in [-0.2, 0) is 4.79 Å². The van der Waals surface area contributed by atoms with Gasteiger partial charge in [-0.1, -0.05) is 6.08 Å². The first-order valence-corrected chi connectivity index (χ1v) is 5.61. The van der Waals surface area contributed by atoms with Crippen LogP contribution in [0.25, 0.3) is 0 Å². The molecule has 2 N–H and O–H groups in total. The normalized spacial score (nSPS) is 24.6. The summed E-state index contributed by atoms with van der Waals surface area (Å²) < 4.78 is 38.8. The van der Waals surface area contributed by atoms with Gasteiger partial charge in [-0.2, -0.15) is 13.2 Å². The van der Waals surface area contributed by atoms with Gasteiger partial charge in [0.1, 0.15) is 0 Å². The molecule has 0 bridgehead atoms. The quantitative estimate of drug-likeness (QED) is 0.575. The van der Waals surface area contributed by atoms with Crippen molar-refractivity contribution in [1.82, 2.24) is 10.6 Å². The largest absolute Gasteiger partial charge is 0.404 e. The van der Waals surface area contributed by atoms with Gasteiger partial charge in [-0.15, -0.1) is 6.58 Å². The summed E-state index contributed by atoms with van der Waals surface area (Å²) in [7, 11) is 0. The van der Waals surface area contributed by atoms with Crippen molar-refractivity contribution in [2.24, 2.45) is 5.41 Å². The van der Waals surface area contributed by atoms with Gasteiger partial charge in [0.2, 0.25) is 5.91 Å². The third-order valence-electron chi connectivity index (χ3n) is 3.00. The predicted molar refractivity (Wildman–Crippen MR) is 58.4 cm³/mol. The van der Waals surface area contributed by atoms with E-state index in [1.807, 2.05) is 0 Å². The van der Waals surface area contributed by atoms with Gasteiger partial charge in [0.15, 0.2) is 5.41 Å². The number of amides is 1. The van der Waals surface area contributed by atoms with Crippen molar-refractivity contribution >= 4 is 5.91 Å². The molecule has 1 amide bonds. The molecule has 1 aliphatic heterocycles. The minimum absolute atomic E-state index is 0.191. The zero-order chi connectivity index (χ0) is 12.9. The highest BCUT2D eigenvalue weighted by atomic mass is 19.4. The first kappa shape index (κ1) is 14.0. The van der Waals surface area contributed by atoms with Crippen LogP contribution in [0.4, 0.5) is 13.2 Å². The van der Waals surface area contributed by atoms with E-state index < -0.39 is 17.5 Å². The molecule has 1 fully saturated rings. The maximum Gasteiger partial charge on any atom is 0.404 e. The highest BCUT2D eigenvalue weighted by Crippen LogP contribution is 2.43. The van der Waals surface area contributed by atoms with Gasteiger partial charge in [0.25, 0.3) is 0 Å². The topological polar surface area (TPSA) is 41.1 Å². The fourth-order valence-electron chi connectivity index (χ4n) is 1.87. The number of carbonyl (C=O) groups is 1. The van der Waals surface area contributed by atoms with Crippen LogP contribution in [0, 0.1) is 5.41 Å². The van der Waals surface area contributed by atoms with Crippen LogP contribution in [0.5, 0.6) is 0 Å². The van der Waals surface area contributed by atoms with Crippen LogP contribution in [-0.4, -0.2) is 31.7 Å². The van der Waals surface area contributed by atoms with Gasteiger partial charge in [-0.25, -0.2) is 0 Å². The molecule has 0 aromatic rings. The number of carbonyl (C=O) groups excluding carboxylic acids is 1. The van der Waals surface area contributed by atoms with Crippen LogP contribution in [0.3, 0.4) is 0 Å². The average molecular weight is 250 g/mol. The van der Waals surface area contributed by atoms with Crippen LogP contribution >= 0.6 is 0 Å². The minimum Gasteiger partial charge on any atom is -0.355 e. The zero-order valence-corrected chi connectivity index (χ0v) is 9.57. The second kappa shape index (κ2) is 5.53. The Morgan fingerprint density at radius 3 is 2.71 bits per heavy atom. The van der Waals surface area contributed by atoms with Crippen molar-refractivity contribution in [2.75, 3.05) is 19.6 Å². The first-order valence-electron chi connectivity index (χ1n) is 5.61. The maximum atomic E-state index is 12.9. The molecule has 1 unspecified atom stereocenters. The van der Waals surface area contributed by atoms with Gasteiger partial charge in [-0.3, -0.25) is 4.79 Å². The van der Waals surface area contributed by atoms with E-state index in [0.717, 1.165) is 0 Å². The summed E-state index contributed by atoms with van der Waals surface area (Å²) in [6.07, 6.45) is -1.74. The molecule has 1 rings (SSSR count). The molecule has 0 spiro atoms. The monoisotopic (exact) mass is 250 g/mol. The summed E-state index contributed by atoms with van der Waals surface area (Å²) in [4.78, 5) is 11.7. The molecule has 17 heavy (non-hydrogen) atoms. The van der Waals surface area contributed by atoms with Gasteiger partial charge in [0.05, 0.1) is 0 Å². The number of halogens is 3.